The number of nitrogens with zero attached hydrogens (tertiary/aromatic N) is 3. The van der Waals surface area contributed by atoms with Crippen LogP contribution in [-0.2, 0) is 4.79 Å². The maximum absolute atomic E-state index is 12.3. The lowest BCUT2D eigenvalue weighted by Gasteiger charge is -2.38. The Morgan fingerprint density at radius 3 is 2.83 bits per heavy atom. The molecule has 1 heterocycles. The molecule has 1 fully saturated rings. The second kappa shape index (κ2) is 8.55. The van der Waals surface area contributed by atoms with Crippen molar-refractivity contribution < 1.29 is 14.3 Å². The van der Waals surface area contributed by atoms with E-state index in [0.717, 1.165) is 19.6 Å². The largest absolute Gasteiger partial charge is 0.493 e. The summed E-state index contributed by atoms with van der Waals surface area (Å²) in [5.41, 5.74) is 0.526. The maximum Gasteiger partial charge on any atom is 0.223 e. The van der Waals surface area contributed by atoms with Crippen molar-refractivity contribution in [3.63, 3.8) is 0 Å². The van der Waals surface area contributed by atoms with Gasteiger partial charge in [0.1, 0.15) is 0 Å². The van der Waals surface area contributed by atoms with Crippen LogP contribution in [0.15, 0.2) is 18.2 Å². The van der Waals surface area contributed by atoms with Crippen LogP contribution in [0, 0.1) is 11.3 Å². The quantitative estimate of drug-likeness (QED) is 0.745. The van der Waals surface area contributed by atoms with Crippen LogP contribution in [0.25, 0.3) is 0 Å². The van der Waals surface area contributed by atoms with Gasteiger partial charge in [-0.25, -0.2) is 0 Å². The van der Waals surface area contributed by atoms with Gasteiger partial charge in [-0.3, -0.25) is 4.79 Å². The second-order valence-corrected chi connectivity index (χ2v) is 6.13. The number of carbonyl (C=O) groups excluding carboxylic acids is 1. The van der Waals surface area contributed by atoms with Crippen LogP contribution >= 0.6 is 0 Å². The number of piperazine rings is 1. The van der Waals surface area contributed by atoms with Gasteiger partial charge in [0.15, 0.2) is 11.5 Å². The van der Waals surface area contributed by atoms with E-state index in [4.69, 9.17) is 14.7 Å². The molecule has 1 aromatic rings. The summed E-state index contributed by atoms with van der Waals surface area (Å²) in [5, 5.41) is 8.89. The Kier molecular flexibility index (Phi) is 6.44. The molecule has 130 valence electrons. The minimum Gasteiger partial charge on any atom is -0.493 e. The van der Waals surface area contributed by atoms with Crippen LogP contribution in [0.1, 0.15) is 25.3 Å². The summed E-state index contributed by atoms with van der Waals surface area (Å²) < 4.78 is 10.9. The third kappa shape index (κ3) is 4.62. The topological polar surface area (TPSA) is 65.8 Å². The zero-order chi connectivity index (χ0) is 17.5. The molecule has 24 heavy (non-hydrogen) atoms. The highest BCUT2D eigenvalue weighted by Crippen LogP contribution is 2.28. The monoisotopic (exact) mass is 331 g/mol. The van der Waals surface area contributed by atoms with Crippen LogP contribution in [-0.4, -0.2) is 62.1 Å². The Hall–Kier alpha value is -2.26. The first-order valence-corrected chi connectivity index (χ1v) is 8.24. The molecule has 2 rings (SSSR count). The lowest BCUT2D eigenvalue weighted by Crippen LogP contribution is -2.52. The number of rotatable bonds is 6. The van der Waals surface area contributed by atoms with E-state index in [-0.39, 0.29) is 11.9 Å². The summed E-state index contributed by atoms with van der Waals surface area (Å²) in [7, 11) is 3.62. The van der Waals surface area contributed by atoms with Crippen molar-refractivity contribution in [2.45, 2.75) is 25.8 Å². The minimum atomic E-state index is 0.186. The molecule has 1 aliphatic rings. The van der Waals surface area contributed by atoms with E-state index in [1.807, 2.05) is 4.90 Å². The number of benzene rings is 1. The van der Waals surface area contributed by atoms with E-state index >= 15 is 0 Å². The third-order valence-electron chi connectivity index (χ3n) is 4.24. The number of methoxy groups -OCH3 is 1. The number of hydrogen-bond donors (Lipinski definition) is 0. The summed E-state index contributed by atoms with van der Waals surface area (Å²) in [5.74, 6) is 1.32. The normalized spacial score (nSPS) is 18.1. The fraction of sp³-hybridized carbons (Fsp3) is 0.556. The highest BCUT2D eigenvalue weighted by atomic mass is 16.5. The van der Waals surface area contributed by atoms with Gasteiger partial charge in [0.05, 0.1) is 25.3 Å². The number of amides is 1. The van der Waals surface area contributed by atoms with E-state index in [1.54, 1.807) is 25.3 Å². The molecule has 0 aliphatic carbocycles. The van der Waals surface area contributed by atoms with Crippen molar-refractivity contribution in [3.8, 4) is 17.6 Å². The van der Waals surface area contributed by atoms with Gasteiger partial charge in [0, 0.05) is 38.2 Å². The zero-order valence-corrected chi connectivity index (χ0v) is 14.6. The number of carbonyl (C=O) groups is 1. The van der Waals surface area contributed by atoms with Gasteiger partial charge in [-0.2, -0.15) is 5.26 Å². The first-order chi connectivity index (χ1) is 11.5. The molecule has 0 saturated carbocycles. The van der Waals surface area contributed by atoms with Gasteiger partial charge in [0.2, 0.25) is 5.91 Å². The van der Waals surface area contributed by atoms with Crippen molar-refractivity contribution >= 4 is 5.91 Å². The van der Waals surface area contributed by atoms with E-state index in [2.05, 4.69) is 24.9 Å². The molecular formula is C18H25N3O3. The van der Waals surface area contributed by atoms with Crippen molar-refractivity contribution in [1.29, 1.82) is 5.26 Å². The molecule has 0 radical (unpaired) electrons. The highest BCUT2D eigenvalue weighted by Gasteiger charge is 2.25. The van der Waals surface area contributed by atoms with Crippen LogP contribution < -0.4 is 9.47 Å². The van der Waals surface area contributed by atoms with Crippen LogP contribution in [0.5, 0.6) is 11.5 Å². The van der Waals surface area contributed by atoms with Gasteiger partial charge in [-0.1, -0.05) is 0 Å². The number of ether oxygens (including phenoxy) is 2. The molecule has 0 bridgehead atoms. The van der Waals surface area contributed by atoms with E-state index < -0.39 is 0 Å². The van der Waals surface area contributed by atoms with Gasteiger partial charge >= 0.3 is 0 Å². The van der Waals surface area contributed by atoms with Gasteiger partial charge in [-0.15, -0.1) is 0 Å². The Bertz CT molecular complexity index is 612. The van der Waals surface area contributed by atoms with E-state index in [1.165, 1.54) is 0 Å². The van der Waals surface area contributed by atoms with E-state index in [9.17, 15) is 4.79 Å². The van der Waals surface area contributed by atoms with Gasteiger partial charge in [0.25, 0.3) is 0 Å². The Morgan fingerprint density at radius 1 is 1.38 bits per heavy atom. The molecule has 1 atom stereocenters. The summed E-state index contributed by atoms with van der Waals surface area (Å²) in [6.45, 7) is 5.17. The second-order valence-electron chi connectivity index (χ2n) is 6.13. The van der Waals surface area contributed by atoms with Crippen LogP contribution in [0.4, 0.5) is 0 Å². The molecule has 1 amide bonds. The molecule has 6 nitrogen and oxygen atoms in total. The van der Waals surface area contributed by atoms with Crippen molar-refractivity contribution in [2.75, 3.05) is 40.4 Å². The summed E-state index contributed by atoms with van der Waals surface area (Å²) in [6.07, 6.45) is 1.13. The lowest BCUT2D eigenvalue weighted by molar-refractivity contribution is -0.135. The predicted octanol–water partition coefficient (Wildman–Crippen LogP) is 1.89. The predicted molar refractivity (Wildman–Crippen MR) is 91.1 cm³/mol. The fourth-order valence-corrected chi connectivity index (χ4v) is 2.92. The number of nitriles is 1. The Labute approximate surface area is 143 Å². The summed E-state index contributed by atoms with van der Waals surface area (Å²) in [6, 6.07) is 7.38. The molecule has 0 unspecified atom stereocenters. The van der Waals surface area contributed by atoms with Gasteiger partial charge < -0.3 is 19.3 Å². The number of hydrogen-bond acceptors (Lipinski definition) is 5. The fourth-order valence-electron chi connectivity index (χ4n) is 2.92. The SMILES string of the molecule is COc1cc(C#N)ccc1OCCCC(=O)N1CCN(C)C[C@H]1C. The first kappa shape index (κ1) is 18.1. The Balaban J connectivity index is 1.79. The molecule has 6 heteroatoms. The van der Waals surface area contributed by atoms with E-state index in [0.29, 0.717) is 36.5 Å². The standard InChI is InChI=1S/C18H25N3O3/c1-14-13-20(2)8-9-21(14)18(22)5-4-10-24-16-7-6-15(12-19)11-17(16)23-3/h6-7,11,14H,4-5,8-10,13H2,1-3H3/t14-/m1/s1. The third-order valence-corrected chi connectivity index (χ3v) is 4.24. The smallest absolute Gasteiger partial charge is 0.223 e. The molecule has 0 N–H and O–H groups in total. The number of likely N-dealkylation sites (N-methyl/N-ethyl adjacent to an activating group) is 1. The highest BCUT2D eigenvalue weighted by molar-refractivity contribution is 5.76. The van der Waals surface area contributed by atoms with Crippen LogP contribution in [0.3, 0.4) is 0 Å². The minimum absolute atomic E-state index is 0.186. The average Bonchev–Trinajstić information content (AvgIpc) is 2.58. The average molecular weight is 331 g/mol. The van der Waals surface area contributed by atoms with Gasteiger partial charge in [-0.05, 0) is 32.5 Å². The van der Waals surface area contributed by atoms with Crippen LogP contribution in [0.2, 0.25) is 0 Å². The first-order valence-electron chi connectivity index (χ1n) is 8.24. The molecule has 1 aliphatic heterocycles. The zero-order valence-electron chi connectivity index (χ0n) is 14.6. The maximum atomic E-state index is 12.3. The molecular weight excluding hydrogens is 306 g/mol. The molecule has 1 aromatic carbocycles. The lowest BCUT2D eigenvalue weighted by atomic mass is 10.1. The van der Waals surface area contributed by atoms with Crippen molar-refractivity contribution in [1.82, 2.24) is 9.80 Å². The Morgan fingerprint density at radius 2 is 2.17 bits per heavy atom. The summed E-state index contributed by atoms with van der Waals surface area (Å²) in [4.78, 5) is 16.5. The molecule has 1 saturated heterocycles. The van der Waals surface area contributed by atoms with Crippen molar-refractivity contribution in [2.24, 2.45) is 0 Å². The van der Waals surface area contributed by atoms with Crippen molar-refractivity contribution in [3.05, 3.63) is 23.8 Å². The molecule has 0 spiro atoms. The summed E-state index contributed by atoms with van der Waals surface area (Å²) >= 11 is 0. The molecule has 0 aromatic heterocycles.